The Balaban J connectivity index is 1.96. The average molecular weight is 290 g/mol. The first kappa shape index (κ1) is 14.9. The summed E-state index contributed by atoms with van der Waals surface area (Å²) in [7, 11) is 0. The van der Waals surface area contributed by atoms with Crippen molar-refractivity contribution < 1.29 is 0 Å². The monoisotopic (exact) mass is 290 g/mol. The Morgan fingerprint density at radius 2 is 2.05 bits per heavy atom. The zero-order valence-electron chi connectivity index (χ0n) is 12.1. The van der Waals surface area contributed by atoms with Gasteiger partial charge in [-0.15, -0.1) is 0 Å². The van der Waals surface area contributed by atoms with Crippen molar-refractivity contribution in [1.82, 2.24) is 9.36 Å². The second-order valence-corrected chi connectivity index (χ2v) is 5.80. The largest absolute Gasteiger partial charge is 0.356 e. The molecule has 2 aromatic rings. The molecule has 0 radical (unpaired) electrons. The number of hydrogen-bond acceptors (Lipinski definition) is 5. The Kier molecular flexibility index (Phi) is 5.49. The summed E-state index contributed by atoms with van der Waals surface area (Å²) in [5.41, 5.74) is 8.26. The van der Waals surface area contributed by atoms with Crippen molar-refractivity contribution in [3.05, 3.63) is 41.2 Å². The molecule has 3 N–H and O–H groups in total. The van der Waals surface area contributed by atoms with E-state index in [0.717, 1.165) is 30.2 Å². The maximum Gasteiger partial charge on any atom is 0.202 e. The summed E-state index contributed by atoms with van der Waals surface area (Å²) in [4.78, 5) is 4.54. The second kappa shape index (κ2) is 7.36. The summed E-state index contributed by atoms with van der Waals surface area (Å²) in [6.07, 6.45) is 2.95. The van der Waals surface area contributed by atoms with Crippen LogP contribution in [0.5, 0.6) is 0 Å². The first-order valence-corrected chi connectivity index (χ1v) is 7.83. The van der Waals surface area contributed by atoms with Crippen LogP contribution in [0, 0.1) is 6.92 Å². The number of hydrogen-bond donors (Lipinski definition) is 2. The fourth-order valence-corrected chi connectivity index (χ4v) is 2.71. The number of anilines is 1. The van der Waals surface area contributed by atoms with Crippen LogP contribution in [0.1, 0.15) is 36.7 Å². The van der Waals surface area contributed by atoms with Gasteiger partial charge >= 0.3 is 0 Å². The Morgan fingerprint density at radius 1 is 1.30 bits per heavy atom. The van der Waals surface area contributed by atoms with Gasteiger partial charge in [-0.3, -0.25) is 0 Å². The minimum absolute atomic E-state index is 0.292. The number of nitrogens with zero attached hydrogens (tertiary/aromatic N) is 2. The van der Waals surface area contributed by atoms with Crippen LogP contribution < -0.4 is 11.1 Å². The van der Waals surface area contributed by atoms with Crippen LogP contribution in [-0.2, 0) is 6.42 Å². The van der Waals surface area contributed by atoms with E-state index in [1.165, 1.54) is 22.7 Å². The average Bonchev–Trinajstić information content (AvgIpc) is 2.88. The Morgan fingerprint density at radius 3 is 2.70 bits per heavy atom. The third-order valence-electron chi connectivity index (χ3n) is 3.20. The molecular weight excluding hydrogens is 268 g/mol. The molecule has 0 fully saturated rings. The molecule has 1 atom stereocenters. The lowest BCUT2D eigenvalue weighted by atomic mass is 10.1. The summed E-state index contributed by atoms with van der Waals surface area (Å²) >= 11 is 1.41. The van der Waals surface area contributed by atoms with Crippen LogP contribution in [0.3, 0.4) is 0 Å². The highest BCUT2D eigenvalue weighted by Crippen LogP contribution is 2.16. The highest BCUT2D eigenvalue weighted by Gasteiger charge is 2.09. The molecule has 1 aromatic heterocycles. The number of nitrogens with one attached hydrogen (secondary N) is 1. The van der Waals surface area contributed by atoms with Gasteiger partial charge in [-0.2, -0.15) is 4.37 Å². The molecule has 108 valence electrons. The van der Waals surface area contributed by atoms with Gasteiger partial charge in [-0.25, -0.2) is 4.98 Å². The molecule has 4 nitrogen and oxygen atoms in total. The highest BCUT2D eigenvalue weighted by molar-refractivity contribution is 7.09. The van der Waals surface area contributed by atoms with Gasteiger partial charge in [-0.05, 0) is 18.9 Å². The lowest BCUT2D eigenvalue weighted by Crippen LogP contribution is -2.28. The Hall–Kier alpha value is -1.46. The molecule has 1 aromatic carbocycles. The van der Waals surface area contributed by atoms with Gasteiger partial charge in [-0.1, -0.05) is 43.2 Å². The maximum absolute atomic E-state index is 5.75. The van der Waals surface area contributed by atoms with E-state index in [0.29, 0.717) is 12.6 Å². The zero-order chi connectivity index (χ0) is 14.4. The van der Waals surface area contributed by atoms with Crippen molar-refractivity contribution in [2.75, 3.05) is 11.9 Å². The van der Waals surface area contributed by atoms with Crippen LogP contribution in [0.2, 0.25) is 0 Å². The lowest BCUT2D eigenvalue weighted by Gasteiger charge is -2.13. The van der Waals surface area contributed by atoms with Crippen LogP contribution in [-0.4, -0.2) is 21.9 Å². The molecule has 0 aliphatic carbocycles. The zero-order valence-corrected chi connectivity index (χ0v) is 12.9. The number of aromatic nitrogens is 2. The van der Waals surface area contributed by atoms with Gasteiger partial charge in [0.05, 0.1) is 0 Å². The predicted octanol–water partition coefficient (Wildman–Crippen LogP) is 2.98. The lowest BCUT2D eigenvalue weighted by molar-refractivity contribution is 0.647. The third-order valence-corrected chi connectivity index (χ3v) is 3.88. The van der Waals surface area contributed by atoms with Gasteiger partial charge < -0.3 is 11.1 Å². The molecular formula is C15H22N4S. The number of nitrogens with two attached hydrogens (primary N) is 1. The SMILES string of the molecule is CCCC(CN)Nc1nc(Cc2ccc(C)cc2)ns1. The fourth-order valence-electron chi connectivity index (χ4n) is 2.04. The number of benzene rings is 1. The quantitative estimate of drug-likeness (QED) is 0.823. The molecule has 0 amide bonds. The molecule has 5 heteroatoms. The normalized spacial score (nSPS) is 12.3. The topological polar surface area (TPSA) is 63.8 Å². The summed E-state index contributed by atoms with van der Waals surface area (Å²) in [5.74, 6) is 0.869. The standard InChI is InChI=1S/C15H22N4S/c1-3-4-13(10-16)17-15-18-14(19-20-15)9-12-7-5-11(2)6-8-12/h5-8,13H,3-4,9-10,16H2,1-2H3,(H,17,18,19). The van der Waals surface area contributed by atoms with E-state index in [-0.39, 0.29) is 0 Å². The highest BCUT2D eigenvalue weighted by atomic mass is 32.1. The molecule has 0 spiro atoms. The van der Waals surface area contributed by atoms with Crippen molar-refractivity contribution >= 4 is 16.7 Å². The fraction of sp³-hybridized carbons (Fsp3) is 0.467. The van der Waals surface area contributed by atoms with Crippen LogP contribution in [0.4, 0.5) is 5.13 Å². The minimum atomic E-state index is 0.292. The van der Waals surface area contributed by atoms with Gasteiger partial charge in [0.2, 0.25) is 5.13 Å². The van der Waals surface area contributed by atoms with Crippen LogP contribution in [0.15, 0.2) is 24.3 Å². The summed E-state index contributed by atoms with van der Waals surface area (Å²) in [6, 6.07) is 8.78. The molecule has 0 saturated carbocycles. The molecule has 20 heavy (non-hydrogen) atoms. The minimum Gasteiger partial charge on any atom is -0.356 e. The van der Waals surface area contributed by atoms with Crippen molar-refractivity contribution in [1.29, 1.82) is 0 Å². The Bertz CT molecular complexity index is 521. The van der Waals surface area contributed by atoms with E-state index in [1.807, 2.05) is 0 Å². The van der Waals surface area contributed by atoms with Crippen molar-refractivity contribution in [3.63, 3.8) is 0 Å². The van der Waals surface area contributed by atoms with Crippen LogP contribution in [0.25, 0.3) is 0 Å². The van der Waals surface area contributed by atoms with E-state index in [1.54, 1.807) is 0 Å². The molecule has 0 bridgehead atoms. The second-order valence-electron chi connectivity index (χ2n) is 5.04. The van der Waals surface area contributed by atoms with Gasteiger partial charge in [0.1, 0.15) is 5.82 Å². The van der Waals surface area contributed by atoms with E-state index in [2.05, 4.69) is 52.8 Å². The molecule has 0 saturated heterocycles. The molecule has 0 aliphatic rings. The van der Waals surface area contributed by atoms with Crippen molar-refractivity contribution in [3.8, 4) is 0 Å². The molecule has 1 unspecified atom stereocenters. The van der Waals surface area contributed by atoms with E-state index in [9.17, 15) is 0 Å². The third kappa shape index (κ3) is 4.28. The number of rotatable bonds is 7. The molecule has 1 heterocycles. The number of aryl methyl sites for hydroxylation is 1. The molecule has 0 aliphatic heterocycles. The molecule has 2 rings (SSSR count). The summed E-state index contributed by atoms with van der Waals surface area (Å²) in [5, 5.41) is 4.24. The van der Waals surface area contributed by atoms with Gasteiger partial charge in [0.25, 0.3) is 0 Å². The van der Waals surface area contributed by atoms with E-state index >= 15 is 0 Å². The van der Waals surface area contributed by atoms with Crippen LogP contribution >= 0.6 is 11.5 Å². The van der Waals surface area contributed by atoms with E-state index in [4.69, 9.17) is 5.73 Å². The van der Waals surface area contributed by atoms with Crippen molar-refractivity contribution in [2.24, 2.45) is 5.73 Å². The first-order valence-electron chi connectivity index (χ1n) is 7.06. The summed E-state index contributed by atoms with van der Waals surface area (Å²) in [6.45, 7) is 4.88. The first-order chi connectivity index (χ1) is 9.71. The Labute approximate surface area is 124 Å². The summed E-state index contributed by atoms with van der Waals surface area (Å²) < 4.78 is 4.41. The smallest absolute Gasteiger partial charge is 0.202 e. The predicted molar refractivity (Wildman–Crippen MR) is 85.3 cm³/mol. The van der Waals surface area contributed by atoms with Gasteiger partial charge in [0.15, 0.2) is 0 Å². The maximum atomic E-state index is 5.75. The van der Waals surface area contributed by atoms with Crippen molar-refractivity contribution in [2.45, 2.75) is 39.2 Å². The van der Waals surface area contributed by atoms with E-state index < -0.39 is 0 Å². The van der Waals surface area contributed by atoms with Gasteiger partial charge in [0, 0.05) is 30.5 Å².